The molecule has 0 radical (unpaired) electrons. The molecule has 2 aromatic rings. The van der Waals surface area contributed by atoms with Gasteiger partial charge in [-0.1, -0.05) is 12.1 Å². The van der Waals surface area contributed by atoms with Gasteiger partial charge < -0.3 is 9.64 Å². The summed E-state index contributed by atoms with van der Waals surface area (Å²) in [5.74, 6) is 3.20. The number of piperidine rings is 1. The van der Waals surface area contributed by atoms with E-state index in [0.29, 0.717) is 5.82 Å². The molecule has 6 heteroatoms. The van der Waals surface area contributed by atoms with Crippen LogP contribution in [0.2, 0.25) is 0 Å². The van der Waals surface area contributed by atoms with Crippen LogP contribution in [-0.4, -0.2) is 36.4 Å². The van der Waals surface area contributed by atoms with Crippen molar-refractivity contribution in [2.24, 2.45) is 5.10 Å². The Labute approximate surface area is 142 Å². The second-order valence-electron chi connectivity index (χ2n) is 5.82. The molecule has 0 amide bonds. The minimum atomic E-state index is 0.703. The molecule has 1 saturated heterocycles. The zero-order valence-corrected chi connectivity index (χ0v) is 14.2. The van der Waals surface area contributed by atoms with Crippen molar-refractivity contribution in [2.75, 3.05) is 30.5 Å². The third kappa shape index (κ3) is 4.01. The van der Waals surface area contributed by atoms with Crippen LogP contribution in [0.1, 0.15) is 30.7 Å². The number of aromatic nitrogens is 2. The smallest absolute Gasteiger partial charge is 0.152 e. The topological polar surface area (TPSA) is 62.6 Å². The van der Waals surface area contributed by atoms with Gasteiger partial charge in [0, 0.05) is 24.7 Å². The number of hydrazone groups is 1. The largest absolute Gasteiger partial charge is 0.496 e. The summed E-state index contributed by atoms with van der Waals surface area (Å²) in [7, 11) is 1.65. The van der Waals surface area contributed by atoms with Gasteiger partial charge in [-0.25, -0.2) is 9.97 Å². The van der Waals surface area contributed by atoms with Crippen molar-refractivity contribution in [3.63, 3.8) is 0 Å². The first-order valence-corrected chi connectivity index (χ1v) is 8.29. The molecule has 0 unspecified atom stereocenters. The molecular weight excluding hydrogens is 302 g/mol. The molecule has 0 bridgehead atoms. The maximum absolute atomic E-state index is 5.31. The lowest BCUT2D eigenvalue weighted by Crippen LogP contribution is -2.30. The molecule has 1 N–H and O–H groups in total. The van der Waals surface area contributed by atoms with Gasteiger partial charge in [0.25, 0.3) is 0 Å². The number of ether oxygens (including phenoxy) is 1. The zero-order valence-electron chi connectivity index (χ0n) is 14.2. The summed E-state index contributed by atoms with van der Waals surface area (Å²) in [6, 6.07) is 9.70. The molecule has 0 aliphatic carbocycles. The average molecular weight is 325 g/mol. The first kappa shape index (κ1) is 16.2. The highest BCUT2D eigenvalue weighted by Gasteiger charge is 2.13. The Morgan fingerprint density at radius 2 is 1.96 bits per heavy atom. The van der Waals surface area contributed by atoms with Crippen molar-refractivity contribution in [3.8, 4) is 5.75 Å². The van der Waals surface area contributed by atoms with E-state index < -0.39 is 0 Å². The van der Waals surface area contributed by atoms with Crippen LogP contribution in [0.4, 0.5) is 11.6 Å². The van der Waals surface area contributed by atoms with E-state index in [2.05, 4.69) is 25.4 Å². The number of nitrogens with zero attached hydrogens (tertiary/aromatic N) is 4. The normalized spacial score (nSPS) is 14.8. The number of methoxy groups -OCH3 is 1. The van der Waals surface area contributed by atoms with E-state index in [1.54, 1.807) is 13.3 Å². The van der Waals surface area contributed by atoms with E-state index >= 15 is 0 Å². The van der Waals surface area contributed by atoms with E-state index in [1.807, 2.05) is 37.3 Å². The maximum atomic E-state index is 5.31. The highest BCUT2D eigenvalue weighted by Crippen LogP contribution is 2.20. The van der Waals surface area contributed by atoms with Crippen molar-refractivity contribution >= 4 is 17.9 Å². The Hall–Kier alpha value is -2.63. The standard InChI is InChI=1S/C18H23N5O/c1-14-20-17(12-18(21-14)23-10-6-3-7-11-23)22-19-13-15-8-4-5-9-16(15)24-2/h4-5,8-9,12-13H,3,6-7,10-11H2,1-2H3,(H,20,21,22)/b19-13-. The fourth-order valence-corrected chi connectivity index (χ4v) is 2.84. The molecule has 6 nitrogen and oxygen atoms in total. The summed E-state index contributed by atoms with van der Waals surface area (Å²) in [4.78, 5) is 11.3. The van der Waals surface area contributed by atoms with Crippen molar-refractivity contribution < 1.29 is 4.74 Å². The minimum absolute atomic E-state index is 0.703. The summed E-state index contributed by atoms with van der Waals surface area (Å²) in [6.45, 7) is 4.02. The predicted molar refractivity (Wildman–Crippen MR) is 97.0 cm³/mol. The number of hydrogen-bond donors (Lipinski definition) is 1. The molecule has 0 spiro atoms. The van der Waals surface area contributed by atoms with Gasteiger partial charge in [0.05, 0.1) is 13.3 Å². The van der Waals surface area contributed by atoms with Crippen LogP contribution in [0, 0.1) is 6.92 Å². The van der Waals surface area contributed by atoms with Crippen LogP contribution < -0.4 is 15.1 Å². The molecule has 0 saturated carbocycles. The lowest BCUT2D eigenvalue weighted by molar-refractivity contribution is 0.414. The molecule has 24 heavy (non-hydrogen) atoms. The van der Waals surface area contributed by atoms with Crippen LogP contribution >= 0.6 is 0 Å². The first-order valence-electron chi connectivity index (χ1n) is 8.29. The van der Waals surface area contributed by atoms with Crippen molar-refractivity contribution in [2.45, 2.75) is 26.2 Å². The highest BCUT2D eigenvalue weighted by molar-refractivity contribution is 5.83. The molecule has 1 fully saturated rings. The number of anilines is 2. The molecular formula is C18H23N5O. The van der Waals surface area contributed by atoms with Gasteiger partial charge in [-0.3, -0.25) is 5.43 Å². The van der Waals surface area contributed by atoms with Gasteiger partial charge in [-0.15, -0.1) is 0 Å². The average Bonchev–Trinajstić information content (AvgIpc) is 2.62. The summed E-state index contributed by atoms with van der Waals surface area (Å²) >= 11 is 0. The molecule has 1 aliphatic rings. The number of hydrogen-bond acceptors (Lipinski definition) is 6. The first-order chi connectivity index (χ1) is 11.8. The fraction of sp³-hybridized carbons (Fsp3) is 0.389. The molecule has 1 aliphatic heterocycles. The highest BCUT2D eigenvalue weighted by atomic mass is 16.5. The van der Waals surface area contributed by atoms with Gasteiger partial charge >= 0.3 is 0 Å². The Balaban J connectivity index is 1.72. The molecule has 2 heterocycles. The fourth-order valence-electron chi connectivity index (χ4n) is 2.84. The lowest BCUT2D eigenvalue weighted by Gasteiger charge is -2.27. The molecule has 1 aromatic carbocycles. The van der Waals surface area contributed by atoms with Gasteiger partial charge in [-0.2, -0.15) is 5.10 Å². The number of nitrogens with one attached hydrogen (secondary N) is 1. The second kappa shape index (κ2) is 7.77. The van der Waals surface area contributed by atoms with Crippen LogP contribution in [0.25, 0.3) is 0 Å². The van der Waals surface area contributed by atoms with E-state index in [9.17, 15) is 0 Å². The third-order valence-corrected chi connectivity index (χ3v) is 4.03. The lowest BCUT2D eigenvalue weighted by atomic mass is 10.1. The van der Waals surface area contributed by atoms with Crippen LogP contribution in [-0.2, 0) is 0 Å². The van der Waals surface area contributed by atoms with Crippen molar-refractivity contribution in [3.05, 3.63) is 41.7 Å². The zero-order chi connectivity index (χ0) is 16.8. The van der Waals surface area contributed by atoms with Gasteiger partial charge in [-0.05, 0) is 38.3 Å². The van der Waals surface area contributed by atoms with E-state index in [1.165, 1.54) is 19.3 Å². The number of aryl methyl sites for hydroxylation is 1. The van der Waals surface area contributed by atoms with Crippen molar-refractivity contribution in [1.29, 1.82) is 0 Å². The second-order valence-corrected chi connectivity index (χ2v) is 5.82. The number of benzene rings is 1. The van der Waals surface area contributed by atoms with Gasteiger partial charge in [0.15, 0.2) is 5.82 Å². The third-order valence-electron chi connectivity index (χ3n) is 4.03. The Morgan fingerprint density at radius 3 is 2.75 bits per heavy atom. The molecule has 126 valence electrons. The molecule has 3 rings (SSSR count). The minimum Gasteiger partial charge on any atom is -0.496 e. The Bertz CT molecular complexity index is 710. The monoisotopic (exact) mass is 325 g/mol. The van der Waals surface area contributed by atoms with Crippen LogP contribution in [0.15, 0.2) is 35.4 Å². The van der Waals surface area contributed by atoms with E-state index in [0.717, 1.165) is 36.0 Å². The number of rotatable bonds is 5. The van der Waals surface area contributed by atoms with E-state index in [-0.39, 0.29) is 0 Å². The molecule has 0 atom stereocenters. The SMILES string of the molecule is COc1ccccc1/C=N\Nc1cc(N2CCCCC2)nc(C)n1. The van der Waals surface area contributed by atoms with Crippen LogP contribution in [0.3, 0.4) is 0 Å². The van der Waals surface area contributed by atoms with Gasteiger partial charge in [0.2, 0.25) is 0 Å². The number of para-hydroxylation sites is 1. The van der Waals surface area contributed by atoms with Crippen LogP contribution in [0.5, 0.6) is 5.75 Å². The summed E-state index contributed by atoms with van der Waals surface area (Å²) in [5.41, 5.74) is 3.91. The quantitative estimate of drug-likeness (QED) is 0.675. The van der Waals surface area contributed by atoms with Gasteiger partial charge in [0.1, 0.15) is 17.4 Å². The summed E-state index contributed by atoms with van der Waals surface area (Å²) < 4.78 is 5.31. The summed E-state index contributed by atoms with van der Waals surface area (Å²) in [5, 5.41) is 4.28. The Kier molecular flexibility index (Phi) is 5.25. The molecule has 1 aromatic heterocycles. The van der Waals surface area contributed by atoms with Crippen molar-refractivity contribution in [1.82, 2.24) is 9.97 Å². The Morgan fingerprint density at radius 1 is 1.17 bits per heavy atom. The maximum Gasteiger partial charge on any atom is 0.152 e. The predicted octanol–water partition coefficient (Wildman–Crippen LogP) is 3.23. The summed E-state index contributed by atoms with van der Waals surface area (Å²) in [6.07, 6.45) is 5.47. The van der Waals surface area contributed by atoms with E-state index in [4.69, 9.17) is 4.74 Å².